The highest BCUT2D eigenvalue weighted by molar-refractivity contribution is 5.94. The molecule has 0 bridgehead atoms. The summed E-state index contributed by atoms with van der Waals surface area (Å²) in [5.41, 5.74) is 0.932. The van der Waals surface area contributed by atoms with Crippen LogP contribution in [0.4, 0.5) is 4.39 Å². The summed E-state index contributed by atoms with van der Waals surface area (Å²) < 4.78 is 19.9. The number of nitrogens with zero attached hydrogens (tertiary/aromatic N) is 1. The molecule has 2 aromatic carbocycles. The molecule has 5 heteroatoms. The first-order valence-electron chi connectivity index (χ1n) is 7.46. The molecule has 122 valence electrons. The monoisotopic (exact) mass is 316 g/mol. The molecule has 0 atom stereocenters. The number of nitrogens with one attached hydrogen (secondary N) is 1. The minimum Gasteiger partial charge on any atom is -0.486 e. The topological polar surface area (TPSA) is 41.6 Å². The Balaban J connectivity index is 2.01. The highest BCUT2D eigenvalue weighted by atomic mass is 19.1. The van der Waals surface area contributed by atoms with Crippen molar-refractivity contribution in [2.45, 2.75) is 6.61 Å². The fourth-order valence-electron chi connectivity index (χ4n) is 2.02. The Hall–Kier alpha value is -2.40. The van der Waals surface area contributed by atoms with E-state index in [0.717, 1.165) is 5.56 Å². The van der Waals surface area contributed by atoms with Gasteiger partial charge in [0.05, 0.1) is 5.56 Å². The SMILES string of the molecule is CN(C)CCNC(=O)c1cccc(OCc2ccccc2)c1F. The van der Waals surface area contributed by atoms with Crippen molar-refractivity contribution in [2.24, 2.45) is 0 Å². The number of carbonyl (C=O) groups is 1. The number of ether oxygens (including phenoxy) is 1. The van der Waals surface area contributed by atoms with E-state index in [0.29, 0.717) is 13.1 Å². The molecule has 0 fully saturated rings. The van der Waals surface area contributed by atoms with Gasteiger partial charge in [-0.1, -0.05) is 36.4 Å². The van der Waals surface area contributed by atoms with Gasteiger partial charge in [0, 0.05) is 13.1 Å². The molecule has 4 nitrogen and oxygen atoms in total. The van der Waals surface area contributed by atoms with Crippen LogP contribution in [0.15, 0.2) is 48.5 Å². The number of benzene rings is 2. The maximum Gasteiger partial charge on any atom is 0.254 e. The zero-order valence-electron chi connectivity index (χ0n) is 13.4. The zero-order valence-corrected chi connectivity index (χ0v) is 13.4. The lowest BCUT2D eigenvalue weighted by Gasteiger charge is -2.12. The first-order chi connectivity index (χ1) is 11.1. The lowest BCUT2D eigenvalue weighted by Crippen LogP contribution is -2.31. The third kappa shape index (κ3) is 5.07. The maximum atomic E-state index is 14.4. The van der Waals surface area contributed by atoms with Crippen molar-refractivity contribution in [3.8, 4) is 5.75 Å². The lowest BCUT2D eigenvalue weighted by molar-refractivity contribution is 0.0946. The van der Waals surface area contributed by atoms with Crippen molar-refractivity contribution in [3.05, 3.63) is 65.5 Å². The molecule has 23 heavy (non-hydrogen) atoms. The van der Waals surface area contributed by atoms with Crippen molar-refractivity contribution in [2.75, 3.05) is 27.2 Å². The van der Waals surface area contributed by atoms with E-state index in [4.69, 9.17) is 4.74 Å². The molecule has 1 N–H and O–H groups in total. The van der Waals surface area contributed by atoms with Gasteiger partial charge in [-0.15, -0.1) is 0 Å². The Morgan fingerprint density at radius 2 is 1.87 bits per heavy atom. The van der Waals surface area contributed by atoms with Crippen LogP contribution in [-0.4, -0.2) is 38.0 Å². The number of hydrogen-bond donors (Lipinski definition) is 1. The number of halogens is 1. The predicted molar refractivity (Wildman–Crippen MR) is 88.1 cm³/mol. The van der Waals surface area contributed by atoms with Crippen molar-refractivity contribution in [3.63, 3.8) is 0 Å². The molecule has 0 saturated carbocycles. The minimum absolute atomic E-state index is 0.00526. The Kier molecular flexibility index (Phi) is 6.11. The van der Waals surface area contributed by atoms with E-state index in [9.17, 15) is 9.18 Å². The number of carbonyl (C=O) groups excluding carboxylic acids is 1. The molecule has 0 radical (unpaired) electrons. The van der Waals surface area contributed by atoms with E-state index in [1.54, 1.807) is 6.07 Å². The summed E-state index contributed by atoms with van der Waals surface area (Å²) in [6.45, 7) is 1.40. The molecule has 0 aliphatic carbocycles. The Morgan fingerprint density at radius 3 is 2.57 bits per heavy atom. The van der Waals surface area contributed by atoms with E-state index < -0.39 is 11.7 Å². The summed E-state index contributed by atoms with van der Waals surface area (Å²) in [7, 11) is 3.82. The third-order valence-corrected chi connectivity index (χ3v) is 3.29. The van der Waals surface area contributed by atoms with Gasteiger partial charge in [0.1, 0.15) is 6.61 Å². The van der Waals surface area contributed by atoms with Crippen molar-refractivity contribution >= 4 is 5.91 Å². The van der Waals surface area contributed by atoms with Crippen molar-refractivity contribution in [1.29, 1.82) is 0 Å². The van der Waals surface area contributed by atoms with E-state index >= 15 is 0 Å². The van der Waals surface area contributed by atoms with Gasteiger partial charge in [0.15, 0.2) is 11.6 Å². The van der Waals surface area contributed by atoms with Gasteiger partial charge < -0.3 is 15.0 Å². The van der Waals surface area contributed by atoms with E-state index in [2.05, 4.69) is 5.32 Å². The Bertz CT molecular complexity index is 645. The largest absolute Gasteiger partial charge is 0.486 e. The van der Waals surface area contributed by atoms with Gasteiger partial charge in [-0.2, -0.15) is 0 Å². The predicted octanol–water partition coefficient (Wildman–Crippen LogP) is 2.70. The van der Waals surface area contributed by atoms with Crippen LogP contribution < -0.4 is 10.1 Å². The Labute approximate surface area is 135 Å². The molecule has 0 spiro atoms. The van der Waals surface area contributed by atoms with Crippen LogP contribution in [0.25, 0.3) is 0 Å². The van der Waals surface area contributed by atoms with E-state index in [1.165, 1.54) is 12.1 Å². The van der Waals surface area contributed by atoms with Crippen LogP contribution >= 0.6 is 0 Å². The molecule has 1 amide bonds. The normalized spacial score (nSPS) is 10.6. The number of likely N-dealkylation sites (N-methyl/N-ethyl adjacent to an activating group) is 1. The first-order valence-corrected chi connectivity index (χ1v) is 7.46. The van der Waals surface area contributed by atoms with Gasteiger partial charge in [0.2, 0.25) is 0 Å². The van der Waals surface area contributed by atoms with Gasteiger partial charge in [-0.3, -0.25) is 4.79 Å². The second-order valence-corrected chi connectivity index (χ2v) is 5.45. The molecule has 0 heterocycles. The summed E-state index contributed by atoms with van der Waals surface area (Å²) in [6, 6.07) is 14.1. The van der Waals surface area contributed by atoms with Crippen LogP contribution in [0.5, 0.6) is 5.75 Å². The molecule has 0 aromatic heterocycles. The van der Waals surface area contributed by atoms with Crippen LogP contribution in [0.2, 0.25) is 0 Å². The van der Waals surface area contributed by atoms with Gasteiger partial charge in [-0.05, 0) is 31.8 Å². The van der Waals surface area contributed by atoms with Crippen LogP contribution in [0.3, 0.4) is 0 Å². The maximum absolute atomic E-state index is 14.4. The molecule has 0 aliphatic rings. The first kappa shape index (κ1) is 17.0. The van der Waals surface area contributed by atoms with Crippen LogP contribution in [0.1, 0.15) is 15.9 Å². The molecular formula is C18H21FN2O2. The average molecular weight is 316 g/mol. The standard InChI is InChI=1S/C18H21FN2O2/c1-21(2)12-11-20-18(22)15-9-6-10-16(17(15)19)23-13-14-7-4-3-5-8-14/h3-10H,11-13H2,1-2H3,(H,20,22). The van der Waals surface area contributed by atoms with Gasteiger partial charge in [-0.25, -0.2) is 4.39 Å². The molecular weight excluding hydrogens is 295 g/mol. The van der Waals surface area contributed by atoms with E-state index in [1.807, 2.05) is 49.3 Å². The second-order valence-electron chi connectivity index (χ2n) is 5.45. The lowest BCUT2D eigenvalue weighted by atomic mass is 10.2. The van der Waals surface area contributed by atoms with Gasteiger partial charge >= 0.3 is 0 Å². The summed E-state index contributed by atoms with van der Waals surface area (Å²) in [4.78, 5) is 14.0. The summed E-state index contributed by atoms with van der Waals surface area (Å²) in [5, 5.41) is 2.70. The summed E-state index contributed by atoms with van der Waals surface area (Å²) in [6.07, 6.45) is 0. The van der Waals surface area contributed by atoms with Crippen LogP contribution in [0, 0.1) is 5.82 Å². The van der Waals surface area contributed by atoms with Crippen molar-refractivity contribution < 1.29 is 13.9 Å². The zero-order chi connectivity index (χ0) is 16.7. The minimum atomic E-state index is -0.634. The summed E-state index contributed by atoms with van der Waals surface area (Å²) >= 11 is 0. The number of rotatable bonds is 7. The smallest absolute Gasteiger partial charge is 0.254 e. The molecule has 0 aliphatic heterocycles. The third-order valence-electron chi connectivity index (χ3n) is 3.29. The van der Waals surface area contributed by atoms with E-state index in [-0.39, 0.29) is 17.9 Å². The van der Waals surface area contributed by atoms with Crippen LogP contribution in [-0.2, 0) is 6.61 Å². The Morgan fingerprint density at radius 1 is 1.13 bits per heavy atom. The second kappa shape index (κ2) is 8.29. The highest BCUT2D eigenvalue weighted by Gasteiger charge is 2.15. The van der Waals surface area contributed by atoms with Crippen molar-refractivity contribution in [1.82, 2.24) is 10.2 Å². The number of hydrogen-bond acceptors (Lipinski definition) is 3. The molecule has 0 saturated heterocycles. The fourth-order valence-corrected chi connectivity index (χ4v) is 2.02. The average Bonchev–Trinajstić information content (AvgIpc) is 2.54. The summed E-state index contributed by atoms with van der Waals surface area (Å²) in [5.74, 6) is -0.991. The number of amides is 1. The molecule has 2 rings (SSSR count). The fraction of sp³-hybridized carbons (Fsp3) is 0.278. The molecule has 2 aromatic rings. The highest BCUT2D eigenvalue weighted by Crippen LogP contribution is 2.21. The quantitative estimate of drug-likeness (QED) is 0.854. The molecule has 0 unspecified atom stereocenters. The van der Waals surface area contributed by atoms with Gasteiger partial charge in [0.25, 0.3) is 5.91 Å².